The molecular weight excluding hydrogens is 276 g/mol. The van der Waals surface area contributed by atoms with Crippen LogP contribution < -0.4 is 10.6 Å². The SMILES string of the molecule is CCNC(=NCC(C(C)C)N1CCOCC1)NC1CC=CC1. The van der Waals surface area contributed by atoms with Gasteiger partial charge in [0.05, 0.1) is 19.8 Å². The zero-order chi connectivity index (χ0) is 15.8. The van der Waals surface area contributed by atoms with Crippen LogP contribution >= 0.6 is 0 Å². The molecule has 1 heterocycles. The average Bonchev–Trinajstić information content (AvgIpc) is 3.01. The van der Waals surface area contributed by atoms with Gasteiger partial charge in [-0.25, -0.2) is 0 Å². The van der Waals surface area contributed by atoms with Gasteiger partial charge < -0.3 is 15.4 Å². The fourth-order valence-electron chi connectivity index (χ4n) is 3.09. The van der Waals surface area contributed by atoms with E-state index in [1.165, 1.54) is 0 Å². The van der Waals surface area contributed by atoms with E-state index >= 15 is 0 Å². The third-order valence-corrected chi connectivity index (χ3v) is 4.41. The van der Waals surface area contributed by atoms with Gasteiger partial charge in [0.25, 0.3) is 0 Å². The lowest BCUT2D eigenvalue weighted by molar-refractivity contribution is 0.00867. The summed E-state index contributed by atoms with van der Waals surface area (Å²) >= 11 is 0. The number of guanidine groups is 1. The predicted octanol–water partition coefficient (Wildman–Crippen LogP) is 1.62. The Labute approximate surface area is 135 Å². The van der Waals surface area contributed by atoms with Crippen molar-refractivity contribution in [1.29, 1.82) is 0 Å². The number of nitrogens with zero attached hydrogens (tertiary/aromatic N) is 2. The first-order valence-corrected chi connectivity index (χ1v) is 8.72. The van der Waals surface area contributed by atoms with Crippen LogP contribution in [0.3, 0.4) is 0 Å². The summed E-state index contributed by atoms with van der Waals surface area (Å²) in [6.07, 6.45) is 6.68. The molecule has 1 saturated heterocycles. The number of nitrogens with one attached hydrogen (secondary N) is 2. The van der Waals surface area contributed by atoms with E-state index in [4.69, 9.17) is 9.73 Å². The van der Waals surface area contributed by atoms with E-state index in [-0.39, 0.29) is 0 Å². The summed E-state index contributed by atoms with van der Waals surface area (Å²) in [5.41, 5.74) is 0. The molecule has 0 aromatic heterocycles. The van der Waals surface area contributed by atoms with Crippen LogP contribution in [0.5, 0.6) is 0 Å². The molecule has 1 aliphatic heterocycles. The summed E-state index contributed by atoms with van der Waals surface area (Å²) < 4.78 is 5.47. The lowest BCUT2D eigenvalue weighted by Crippen LogP contribution is -2.48. The highest BCUT2D eigenvalue weighted by molar-refractivity contribution is 5.80. The van der Waals surface area contributed by atoms with E-state index < -0.39 is 0 Å². The van der Waals surface area contributed by atoms with E-state index in [1.54, 1.807) is 0 Å². The topological polar surface area (TPSA) is 48.9 Å². The number of morpholine rings is 1. The molecule has 0 aromatic rings. The van der Waals surface area contributed by atoms with E-state index in [0.29, 0.717) is 18.0 Å². The molecule has 0 saturated carbocycles. The number of hydrogen-bond acceptors (Lipinski definition) is 3. The Kier molecular flexibility index (Phi) is 7.19. The third-order valence-electron chi connectivity index (χ3n) is 4.41. The molecule has 1 fully saturated rings. The molecule has 0 spiro atoms. The second-order valence-corrected chi connectivity index (χ2v) is 6.46. The van der Waals surface area contributed by atoms with Crippen LogP contribution in [0, 0.1) is 5.92 Å². The number of hydrogen-bond donors (Lipinski definition) is 2. The second kappa shape index (κ2) is 9.16. The van der Waals surface area contributed by atoms with Crippen LogP contribution in [0.1, 0.15) is 33.6 Å². The van der Waals surface area contributed by atoms with Gasteiger partial charge in [0.1, 0.15) is 0 Å². The molecule has 1 aliphatic carbocycles. The van der Waals surface area contributed by atoms with Crippen molar-refractivity contribution in [2.75, 3.05) is 39.4 Å². The molecule has 0 amide bonds. The van der Waals surface area contributed by atoms with Crippen molar-refractivity contribution in [3.8, 4) is 0 Å². The largest absolute Gasteiger partial charge is 0.379 e. The summed E-state index contributed by atoms with van der Waals surface area (Å²) in [5.74, 6) is 1.55. The molecule has 126 valence electrons. The fraction of sp³-hybridized carbons (Fsp3) is 0.824. The van der Waals surface area contributed by atoms with Crippen molar-refractivity contribution in [3.05, 3.63) is 12.2 Å². The van der Waals surface area contributed by atoms with Crippen LogP contribution in [0.4, 0.5) is 0 Å². The molecule has 1 atom stereocenters. The average molecular weight is 308 g/mol. The predicted molar refractivity (Wildman–Crippen MR) is 92.3 cm³/mol. The van der Waals surface area contributed by atoms with Crippen LogP contribution in [-0.4, -0.2) is 62.3 Å². The molecule has 2 rings (SSSR count). The highest BCUT2D eigenvalue weighted by atomic mass is 16.5. The molecule has 2 N–H and O–H groups in total. The molecule has 0 aromatic carbocycles. The van der Waals surface area contributed by atoms with Crippen molar-refractivity contribution in [3.63, 3.8) is 0 Å². The monoisotopic (exact) mass is 308 g/mol. The summed E-state index contributed by atoms with van der Waals surface area (Å²) in [6.45, 7) is 12.2. The molecule has 1 unspecified atom stereocenters. The van der Waals surface area contributed by atoms with Gasteiger partial charge in [0.2, 0.25) is 0 Å². The summed E-state index contributed by atoms with van der Waals surface area (Å²) in [5, 5.41) is 6.92. The van der Waals surface area contributed by atoms with Crippen LogP contribution in [-0.2, 0) is 4.74 Å². The normalized spacial score (nSPS) is 22.3. The lowest BCUT2D eigenvalue weighted by Gasteiger charge is -2.36. The number of aliphatic imine (C=N–C) groups is 1. The molecular formula is C17H32N4O. The Morgan fingerprint density at radius 1 is 1.27 bits per heavy atom. The van der Waals surface area contributed by atoms with Gasteiger partial charge >= 0.3 is 0 Å². The zero-order valence-corrected chi connectivity index (χ0v) is 14.3. The van der Waals surface area contributed by atoms with Gasteiger partial charge in [0, 0.05) is 31.7 Å². The van der Waals surface area contributed by atoms with E-state index in [0.717, 1.165) is 58.2 Å². The number of rotatable bonds is 6. The van der Waals surface area contributed by atoms with Crippen molar-refractivity contribution in [2.45, 2.75) is 45.7 Å². The van der Waals surface area contributed by atoms with Gasteiger partial charge in [-0.05, 0) is 25.7 Å². The maximum absolute atomic E-state index is 5.47. The van der Waals surface area contributed by atoms with Gasteiger partial charge in [-0.1, -0.05) is 26.0 Å². The Morgan fingerprint density at radius 2 is 1.95 bits per heavy atom. The highest BCUT2D eigenvalue weighted by Crippen LogP contribution is 2.14. The Bertz CT molecular complexity index is 367. The van der Waals surface area contributed by atoms with Crippen molar-refractivity contribution < 1.29 is 4.74 Å². The molecule has 2 aliphatic rings. The smallest absolute Gasteiger partial charge is 0.191 e. The standard InChI is InChI=1S/C17H32N4O/c1-4-18-17(20-15-7-5-6-8-15)19-13-16(14(2)3)21-9-11-22-12-10-21/h5-6,14-16H,4,7-13H2,1-3H3,(H2,18,19,20). The minimum Gasteiger partial charge on any atom is -0.379 e. The lowest BCUT2D eigenvalue weighted by atomic mass is 10.0. The first kappa shape index (κ1) is 17.3. The Balaban J connectivity index is 1.92. The van der Waals surface area contributed by atoms with Crippen LogP contribution in [0.25, 0.3) is 0 Å². The number of ether oxygens (including phenoxy) is 1. The first-order chi connectivity index (χ1) is 10.7. The minimum absolute atomic E-state index is 0.487. The van der Waals surface area contributed by atoms with E-state index in [2.05, 4.69) is 48.5 Å². The maximum Gasteiger partial charge on any atom is 0.191 e. The van der Waals surface area contributed by atoms with E-state index in [9.17, 15) is 0 Å². The summed E-state index contributed by atoms with van der Waals surface area (Å²) in [6, 6.07) is 0.986. The molecule has 5 nitrogen and oxygen atoms in total. The van der Waals surface area contributed by atoms with Crippen molar-refractivity contribution in [2.24, 2.45) is 10.9 Å². The van der Waals surface area contributed by atoms with Crippen LogP contribution in [0.2, 0.25) is 0 Å². The summed E-state index contributed by atoms with van der Waals surface area (Å²) in [7, 11) is 0. The van der Waals surface area contributed by atoms with Gasteiger partial charge in [0.15, 0.2) is 5.96 Å². The fourth-order valence-corrected chi connectivity index (χ4v) is 3.09. The molecule has 22 heavy (non-hydrogen) atoms. The minimum atomic E-state index is 0.487. The summed E-state index contributed by atoms with van der Waals surface area (Å²) in [4.78, 5) is 7.38. The van der Waals surface area contributed by atoms with Gasteiger partial charge in [-0.2, -0.15) is 0 Å². The quantitative estimate of drug-likeness (QED) is 0.445. The van der Waals surface area contributed by atoms with Gasteiger partial charge in [-0.3, -0.25) is 9.89 Å². The van der Waals surface area contributed by atoms with Crippen molar-refractivity contribution in [1.82, 2.24) is 15.5 Å². The molecule has 5 heteroatoms. The first-order valence-electron chi connectivity index (χ1n) is 8.72. The third kappa shape index (κ3) is 5.29. The van der Waals surface area contributed by atoms with Gasteiger partial charge in [-0.15, -0.1) is 0 Å². The Morgan fingerprint density at radius 3 is 2.55 bits per heavy atom. The maximum atomic E-state index is 5.47. The second-order valence-electron chi connectivity index (χ2n) is 6.46. The van der Waals surface area contributed by atoms with Crippen molar-refractivity contribution >= 4 is 5.96 Å². The van der Waals surface area contributed by atoms with E-state index in [1.807, 2.05) is 0 Å². The van der Waals surface area contributed by atoms with Crippen LogP contribution in [0.15, 0.2) is 17.1 Å². The highest BCUT2D eigenvalue weighted by Gasteiger charge is 2.23. The Hall–Kier alpha value is -1.07. The molecule has 0 bridgehead atoms. The molecule has 0 radical (unpaired) electrons. The zero-order valence-electron chi connectivity index (χ0n) is 14.3.